The van der Waals surface area contributed by atoms with Crippen LogP contribution < -0.4 is 5.73 Å². The highest BCUT2D eigenvalue weighted by molar-refractivity contribution is 14.0. The number of likely N-dealkylation sites (tertiary alicyclic amines) is 1. The topological polar surface area (TPSA) is 54.5 Å². The Hall–Kier alpha value is -0.850. The monoisotopic (exact) mass is 388 g/mol. The Morgan fingerprint density at radius 1 is 1.30 bits per heavy atom. The number of rotatable bonds is 3. The number of aliphatic imine (C=N–C) groups is 1. The van der Waals surface area contributed by atoms with Crippen molar-refractivity contribution in [3.05, 3.63) is 29.6 Å². The zero-order valence-corrected chi connectivity index (χ0v) is 14.5. The molecule has 0 amide bonds. The number of guanidine groups is 1. The predicted molar refractivity (Wildman–Crippen MR) is 94.6 cm³/mol. The molecule has 0 atom stereocenters. The van der Waals surface area contributed by atoms with Gasteiger partial charge in [-0.2, -0.15) is 0 Å². The Balaban J connectivity index is 0.00000200. The number of pyridine rings is 1. The molecule has 1 saturated heterocycles. The molecule has 0 radical (unpaired) electrons. The molecule has 0 unspecified atom stereocenters. The van der Waals surface area contributed by atoms with E-state index in [-0.39, 0.29) is 24.0 Å². The summed E-state index contributed by atoms with van der Waals surface area (Å²) in [7, 11) is 0. The number of aromatic nitrogens is 1. The fraction of sp³-hybridized carbons (Fsp3) is 0.600. The van der Waals surface area contributed by atoms with Crippen LogP contribution in [0.15, 0.2) is 23.5 Å². The van der Waals surface area contributed by atoms with Gasteiger partial charge in [0.25, 0.3) is 0 Å². The van der Waals surface area contributed by atoms with Crippen LogP contribution in [0.3, 0.4) is 0 Å². The molecule has 0 aromatic carbocycles. The first-order valence-corrected chi connectivity index (χ1v) is 7.22. The van der Waals surface area contributed by atoms with E-state index >= 15 is 0 Å². The molecule has 1 aromatic heterocycles. The Morgan fingerprint density at radius 2 is 2.00 bits per heavy atom. The minimum Gasteiger partial charge on any atom is -0.370 e. The lowest BCUT2D eigenvalue weighted by atomic mass is 10.1. The molecule has 1 aliphatic heterocycles. The highest BCUT2D eigenvalue weighted by Crippen LogP contribution is 2.09. The van der Waals surface area contributed by atoms with Crippen molar-refractivity contribution < 1.29 is 0 Å². The fourth-order valence-corrected chi connectivity index (χ4v) is 2.47. The van der Waals surface area contributed by atoms with Gasteiger partial charge in [0.15, 0.2) is 5.96 Å². The van der Waals surface area contributed by atoms with E-state index in [9.17, 15) is 0 Å². The van der Waals surface area contributed by atoms with Crippen LogP contribution >= 0.6 is 24.0 Å². The van der Waals surface area contributed by atoms with E-state index < -0.39 is 0 Å². The van der Waals surface area contributed by atoms with Crippen LogP contribution in [0.5, 0.6) is 0 Å². The SMILES string of the molecule is Cc1cnccc1CCN=C(N)N1CCCCCC1.I. The Kier molecular flexibility index (Phi) is 7.87. The van der Waals surface area contributed by atoms with Crippen LogP contribution in [-0.4, -0.2) is 35.5 Å². The molecule has 2 rings (SSSR count). The maximum absolute atomic E-state index is 6.08. The number of aryl methyl sites for hydroxylation is 1. The zero-order chi connectivity index (χ0) is 13.5. The van der Waals surface area contributed by atoms with E-state index in [4.69, 9.17) is 5.73 Å². The van der Waals surface area contributed by atoms with E-state index in [1.165, 1.54) is 36.8 Å². The zero-order valence-electron chi connectivity index (χ0n) is 12.2. The van der Waals surface area contributed by atoms with Crippen molar-refractivity contribution in [2.24, 2.45) is 10.7 Å². The van der Waals surface area contributed by atoms with E-state index in [1.807, 2.05) is 12.4 Å². The smallest absolute Gasteiger partial charge is 0.191 e. The van der Waals surface area contributed by atoms with Gasteiger partial charge in [0.1, 0.15) is 0 Å². The maximum Gasteiger partial charge on any atom is 0.191 e. The molecule has 1 fully saturated rings. The Bertz CT molecular complexity index is 426. The number of halogens is 1. The summed E-state index contributed by atoms with van der Waals surface area (Å²) in [6.45, 7) is 4.96. The van der Waals surface area contributed by atoms with Crippen molar-refractivity contribution in [3.8, 4) is 0 Å². The minimum atomic E-state index is 0. The second kappa shape index (κ2) is 9.15. The summed E-state index contributed by atoms with van der Waals surface area (Å²) in [6, 6.07) is 2.06. The van der Waals surface area contributed by atoms with Crippen LogP contribution in [0, 0.1) is 6.92 Å². The summed E-state index contributed by atoms with van der Waals surface area (Å²) in [5, 5.41) is 0. The Morgan fingerprint density at radius 3 is 2.65 bits per heavy atom. The quantitative estimate of drug-likeness (QED) is 0.492. The number of hydrogen-bond donors (Lipinski definition) is 1. The van der Waals surface area contributed by atoms with Crippen molar-refractivity contribution in [3.63, 3.8) is 0 Å². The predicted octanol–water partition coefficient (Wildman–Crippen LogP) is 2.74. The summed E-state index contributed by atoms with van der Waals surface area (Å²) in [5.41, 5.74) is 8.62. The maximum atomic E-state index is 6.08. The molecule has 1 aromatic rings. The van der Waals surface area contributed by atoms with Gasteiger partial charge >= 0.3 is 0 Å². The first-order chi connectivity index (χ1) is 9.27. The third-order valence-electron chi connectivity index (χ3n) is 3.72. The van der Waals surface area contributed by atoms with E-state index in [0.717, 1.165) is 26.1 Å². The summed E-state index contributed by atoms with van der Waals surface area (Å²) in [6.07, 6.45) is 9.78. The van der Waals surface area contributed by atoms with Crippen LogP contribution in [0.2, 0.25) is 0 Å². The molecule has 2 N–H and O–H groups in total. The normalized spacial score (nSPS) is 16.4. The first kappa shape index (κ1) is 17.2. The summed E-state index contributed by atoms with van der Waals surface area (Å²) in [5.74, 6) is 0.716. The molecule has 0 bridgehead atoms. The molecule has 20 heavy (non-hydrogen) atoms. The molecule has 5 heteroatoms. The van der Waals surface area contributed by atoms with Crippen molar-refractivity contribution in [2.45, 2.75) is 39.0 Å². The van der Waals surface area contributed by atoms with Gasteiger partial charge in [-0.25, -0.2) is 0 Å². The lowest BCUT2D eigenvalue weighted by Crippen LogP contribution is -2.38. The van der Waals surface area contributed by atoms with Gasteiger partial charge in [-0.05, 0) is 43.4 Å². The lowest BCUT2D eigenvalue weighted by Gasteiger charge is -2.21. The van der Waals surface area contributed by atoms with E-state index in [1.54, 1.807) is 0 Å². The van der Waals surface area contributed by atoms with Crippen molar-refractivity contribution in [1.29, 1.82) is 0 Å². The van der Waals surface area contributed by atoms with Crippen molar-refractivity contribution in [1.82, 2.24) is 9.88 Å². The fourth-order valence-electron chi connectivity index (χ4n) is 2.47. The number of hydrogen-bond acceptors (Lipinski definition) is 2. The van der Waals surface area contributed by atoms with Crippen molar-refractivity contribution >= 4 is 29.9 Å². The summed E-state index contributed by atoms with van der Waals surface area (Å²) in [4.78, 5) is 10.9. The molecule has 0 aliphatic carbocycles. The van der Waals surface area contributed by atoms with Gasteiger partial charge in [-0.15, -0.1) is 24.0 Å². The molecular formula is C15H25IN4. The minimum absolute atomic E-state index is 0. The molecule has 112 valence electrons. The molecule has 0 saturated carbocycles. The van der Waals surface area contributed by atoms with Crippen molar-refractivity contribution in [2.75, 3.05) is 19.6 Å². The standard InChI is InChI=1S/C15H24N4.HI/c1-13-12-17-8-6-14(13)7-9-18-15(16)19-10-4-2-3-5-11-19;/h6,8,12H,2-5,7,9-11H2,1H3,(H2,16,18);1H. The molecular weight excluding hydrogens is 363 g/mol. The summed E-state index contributed by atoms with van der Waals surface area (Å²) >= 11 is 0. The van der Waals surface area contributed by atoms with Crippen LogP contribution in [0.25, 0.3) is 0 Å². The molecule has 4 nitrogen and oxygen atoms in total. The van der Waals surface area contributed by atoms with Gasteiger partial charge in [-0.1, -0.05) is 12.8 Å². The van der Waals surface area contributed by atoms with Gasteiger partial charge in [-0.3, -0.25) is 9.98 Å². The average molecular weight is 388 g/mol. The van der Waals surface area contributed by atoms with Crippen LogP contribution in [0.4, 0.5) is 0 Å². The first-order valence-electron chi connectivity index (χ1n) is 7.22. The molecule has 1 aliphatic rings. The largest absolute Gasteiger partial charge is 0.370 e. The van der Waals surface area contributed by atoms with E-state index in [0.29, 0.717) is 5.96 Å². The number of nitrogens with zero attached hydrogens (tertiary/aromatic N) is 3. The second-order valence-corrected chi connectivity index (χ2v) is 5.19. The van der Waals surface area contributed by atoms with Crippen LogP contribution in [0.1, 0.15) is 36.8 Å². The van der Waals surface area contributed by atoms with E-state index in [2.05, 4.69) is 27.9 Å². The average Bonchev–Trinajstić information content (AvgIpc) is 2.70. The number of nitrogens with two attached hydrogens (primary N) is 1. The second-order valence-electron chi connectivity index (χ2n) is 5.19. The summed E-state index contributed by atoms with van der Waals surface area (Å²) < 4.78 is 0. The van der Waals surface area contributed by atoms with Gasteiger partial charge in [0.05, 0.1) is 0 Å². The van der Waals surface area contributed by atoms with Gasteiger partial charge in [0.2, 0.25) is 0 Å². The Labute approximate surface area is 138 Å². The highest BCUT2D eigenvalue weighted by atomic mass is 127. The molecule has 2 heterocycles. The van der Waals surface area contributed by atoms with Crippen LogP contribution in [-0.2, 0) is 6.42 Å². The molecule has 0 spiro atoms. The van der Waals surface area contributed by atoms with Gasteiger partial charge in [0, 0.05) is 32.0 Å². The third kappa shape index (κ3) is 5.26. The third-order valence-corrected chi connectivity index (χ3v) is 3.72. The highest BCUT2D eigenvalue weighted by Gasteiger charge is 2.10. The van der Waals surface area contributed by atoms with Gasteiger partial charge < -0.3 is 10.6 Å². The lowest BCUT2D eigenvalue weighted by molar-refractivity contribution is 0.428.